The minimum atomic E-state index is -0.647. The van der Waals surface area contributed by atoms with Crippen LogP contribution in [0, 0.1) is 10.8 Å². The minimum absolute atomic E-state index is 0.0292. The van der Waals surface area contributed by atoms with Crippen molar-refractivity contribution in [3.05, 3.63) is 64.7 Å². The summed E-state index contributed by atoms with van der Waals surface area (Å²) >= 11 is 0. The van der Waals surface area contributed by atoms with Crippen LogP contribution in [0.3, 0.4) is 0 Å². The summed E-state index contributed by atoms with van der Waals surface area (Å²) < 4.78 is 0. The lowest BCUT2D eigenvalue weighted by atomic mass is 10.1. The number of nitrogens with one attached hydrogen (secondary N) is 4. The van der Waals surface area contributed by atoms with E-state index < -0.39 is 12.1 Å². The van der Waals surface area contributed by atoms with Gasteiger partial charge in [-0.15, -0.1) is 0 Å². The number of carbonyl (C=O) groups is 4. The van der Waals surface area contributed by atoms with Crippen LogP contribution < -0.4 is 10.6 Å². The van der Waals surface area contributed by atoms with Gasteiger partial charge in [0.25, 0.3) is 5.91 Å². The number of anilines is 1. The molecule has 1 atom stereocenters. The van der Waals surface area contributed by atoms with Gasteiger partial charge in [0.05, 0.1) is 12.4 Å². The Morgan fingerprint density at radius 1 is 1.20 bits per heavy atom. The first-order valence-corrected chi connectivity index (χ1v) is 11.1. The number of fused-ring (bicyclic) bond motifs is 1. The third kappa shape index (κ3) is 6.17. The second-order valence-electron chi connectivity index (χ2n) is 8.34. The SMILES string of the molecule is CC(=O)CCC(C=O)N1Cc2cc(CNC(=O)Nc3ccc(C(=N)N(C)C=N)cc3)ccc2C1=O. The Bertz CT molecular complexity index is 1160. The van der Waals surface area contributed by atoms with E-state index >= 15 is 0 Å². The zero-order valence-corrected chi connectivity index (χ0v) is 19.6. The standard InChI is InChI=1S/C25H28N6O4/c1-16(33)3-9-21(14-32)31-13-19-11-17(4-10-22(19)24(31)34)12-28-25(35)29-20-7-5-18(6-8-20)23(27)30(2)15-26/h4-8,10-11,14-15,21,26-27H,3,9,12-13H2,1-2H3,(H2,28,29,35). The van der Waals surface area contributed by atoms with Gasteiger partial charge in [-0.3, -0.25) is 15.6 Å². The number of urea groups is 1. The average molecular weight is 477 g/mol. The van der Waals surface area contributed by atoms with Crippen molar-refractivity contribution in [1.82, 2.24) is 15.1 Å². The van der Waals surface area contributed by atoms with Gasteiger partial charge in [0.2, 0.25) is 0 Å². The summed E-state index contributed by atoms with van der Waals surface area (Å²) in [5.41, 5.74) is 3.27. The lowest BCUT2D eigenvalue weighted by molar-refractivity contribution is -0.117. The first-order valence-electron chi connectivity index (χ1n) is 11.1. The highest BCUT2D eigenvalue weighted by Gasteiger charge is 2.32. The number of hydrogen-bond acceptors (Lipinski definition) is 6. The Hall–Kier alpha value is -4.34. The summed E-state index contributed by atoms with van der Waals surface area (Å²) in [7, 11) is 1.61. The van der Waals surface area contributed by atoms with Gasteiger partial charge in [-0.1, -0.05) is 12.1 Å². The molecule has 3 rings (SSSR count). The number of hydrogen-bond donors (Lipinski definition) is 4. The normalized spacial score (nSPS) is 13.0. The first kappa shape index (κ1) is 25.3. The number of ketones is 1. The van der Waals surface area contributed by atoms with Gasteiger partial charge >= 0.3 is 6.03 Å². The molecule has 0 bridgehead atoms. The van der Waals surface area contributed by atoms with Crippen LogP contribution in [0.2, 0.25) is 0 Å². The van der Waals surface area contributed by atoms with Crippen molar-refractivity contribution in [3.8, 4) is 0 Å². The van der Waals surface area contributed by atoms with Gasteiger partial charge in [0.15, 0.2) is 0 Å². The molecule has 0 radical (unpaired) electrons. The molecule has 0 saturated heterocycles. The Kier molecular flexibility index (Phi) is 8.08. The third-order valence-corrected chi connectivity index (χ3v) is 5.77. The number of rotatable bonds is 10. The van der Waals surface area contributed by atoms with E-state index in [1.807, 2.05) is 6.07 Å². The predicted molar refractivity (Wildman–Crippen MR) is 132 cm³/mol. The number of benzene rings is 2. The van der Waals surface area contributed by atoms with Crippen LogP contribution in [0.1, 0.15) is 46.8 Å². The largest absolute Gasteiger partial charge is 0.334 e. The Labute approximate surface area is 203 Å². The molecule has 0 aliphatic carbocycles. The van der Waals surface area contributed by atoms with Gasteiger partial charge in [-0.25, -0.2) is 4.79 Å². The lowest BCUT2D eigenvalue weighted by Gasteiger charge is -2.22. The van der Waals surface area contributed by atoms with Crippen LogP contribution >= 0.6 is 0 Å². The van der Waals surface area contributed by atoms with E-state index in [0.717, 1.165) is 17.5 Å². The number of Topliss-reactive ketones (excluding diaryl/α,β-unsaturated/α-hetero) is 1. The summed E-state index contributed by atoms with van der Waals surface area (Å²) in [5, 5.41) is 20.7. The van der Waals surface area contributed by atoms with Crippen molar-refractivity contribution in [2.45, 2.75) is 38.9 Å². The van der Waals surface area contributed by atoms with Crippen LogP contribution in [0.5, 0.6) is 0 Å². The number of aldehydes is 1. The highest BCUT2D eigenvalue weighted by molar-refractivity contribution is 6.02. The maximum atomic E-state index is 12.7. The molecule has 10 nitrogen and oxygen atoms in total. The van der Waals surface area contributed by atoms with Crippen molar-refractivity contribution in [2.24, 2.45) is 0 Å². The molecular formula is C25H28N6O4. The highest BCUT2D eigenvalue weighted by Crippen LogP contribution is 2.26. The molecule has 1 aliphatic rings. The van der Waals surface area contributed by atoms with Gasteiger partial charge < -0.3 is 30.0 Å². The van der Waals surface area contributed by atoms with E-state index in [-0.39, 0.29) is 37.0 Å². The third-order valence-electron chi connectivity index (χ3n) is 5.77. The second kappa shape index (κ2) is 11.2. The van der Waals surface area contributed by atoms with Gasteiger partial charge in [-0.2, -0.15) is 0 Å². The number of carbonyl (C=O) groups excluding carboxylic acids is 4. The predicted octanol–water partition coefficient (Wildman–Crippen LogP) is 2.77. The van der Waals surface area contributed by atoms with Crippen LogP contribution in [-0.4, -0.2) is 59.1 Å². The molecule has 35 heavy (non-hydrogen) atoms. The summed E-state index contributed by atoms with van der Waals surface area (Å²) in [6.07, 6.45) is 2.29. The van der Waals surface area contributed by atoms with Gasteiger partial charge in [0, 0.05) is 43.4 Å². The van der Waals surface area contributed by atoms with Crippen molar-refractivity contribution < 1.29 is 19.2 Å². The van der Waals surface area contributed by atoms with Crippen molar-refractivity contribution in [2.75, 3.05) is 12.4 Å². The molecule has 0 spiro atoms. The highest BCUT2D eigenvalue weighted by atomic mass is 16.2. The number of nitrogens with zero attached hydrogens (tertiary/aromatic N) is 2. The molecule has 1 unspecified atom stereocenters. The molecule has 0 fully saturated rings. The number of amidine groups is 1. The summed E-state index contributed by atoms with van der Waals surface area (Å²) in [6.45, 7) is 1.98. The molecule has 182 valence electrons. The average Bonchev–Trinajstić information content (AvgIpc) is 3.18. The van der Waals surface area contributed by atoms with E-state index in [4.69, 9.17) is 10.8 Å². The molecule has 2 aromatic carbocycles. The quantitative estimate of drug-likeness (QED) is 0.237. The molecule has 0 saturated carbocycles. The fourth-order valence-electron chi connectivity index (χ4n) is 3.76. The van der Waals surface area contributed by atoms with E-state index in [0.29, 0.717) is 29.5 Å². The van der Waals surface area contributed by atoms with Crippen LogP contribution in [0.4, 0.5) is 10.5 Å². The first-order chi connectivity index (χ1) is 16.7. The van der Waals surface area contributed by atoms with E-state index in [2.05, 4.69) is 10.6 Å². The molecule has 2 aromatic rings. The molecule has 10 heteroatoms. The topological polar surface area (TPSA) is 147 Å². The molecule has 3 amide bonds. The van der Waals surface area contributed by atoms with Gasteiger partial charge in [0.1, 0.15) is 17.9 Å². The van der Waals surface area contributed by atoms with Crippen molar-refractivity contribution in [3.63, 3.8) is 0 Å². The lowest BCUT2D eigenvalue weighted by Crippen LogP contribution is -2.37. The van der Waals surface area contributed by atoms with Crippen molar-refractivity contribution >= 4 is 41.9 Å². The summed E-state index contributed by atoms with van der Waals surface area (Å²) in [6, 6.07) is 10.9. The van der Waals surface area contributed by atoms with Crippen LogP contribution in [0.15, 0.2) is 42.5 Å². The van der Waals surface area contributed by atoms with E-state index in [1.165, 1.54) is 16.7 Å². The minimum Gasteiger partial charge on any atom is -0.334 e. The fourth-order valence-corrected chi connectivity index (χ4v) is 3.76. The summed E-state index contributed by atoms with van der Waals surface area (Å²) in [5.74, 6) is -0.0947. The second-order valence-corrected chi connectivity index (χ2v) is 8.34. The van der Waals surface area contributed by atoms with E-state index in [1.54, 1.807) is 43.4 Å². The summed E-state index contributed by atoms with van der Waals surface area (Å²) in [4.78, 5) is 50.7. The monoisotopic (exact) mass is 476 g/mol. The van der Waals surface area contributed by atoms with Crippen LogP contribution in [0.25, 0.3) is 0 Å². The zero-order chi connectivity index (χ0) is 25.5. The van der Waals surface area contributed by atoms with Gasteiger partial charge in [-0.05, 0) is 54.8 Å². The fraction of sp³-hybridized carbons (Fsp3) is 0.280. The maximum absolute atomic E-state index is 12.7. The number of amides is 3. The smallest absolute Gasteiger partial charge is 0.319 e. The van der Waals surface area contributed by atoms with E-state index in [9.17, 15) is 19.2 Å². The maximum Gasteiger partial charge on any atom is 0.319 e. The molecule has 1 aliphatic heterocycles. The molecule has 4 N–H and O–H groups in total. The molecular weight excluding hydrogens is 448 g/mol. The molecule has 0 aromatic heterocycles. The van der Waals surface area contributed by atoms with Crippen LogP contribution in [-0.2, 0) is 22.7 Å². The van der Waals surface area contributed by atoms with Crippen molar-refractivity contribution in [1.29, 1.82) is 10.8 Å². The zero-order valence-electron chi connectivity index (χ0n) is 19.6. The Morgan fingerprint density at radius 3 is 2.54 bits per heavy atom. The Morgan fingerprint density at radius 2 is 1.91 bits per heavy atom. The molecule has 1 heterocycles. The Balaban J connectivity index is 1.56.